The second kappa shape index (κ2) is 9.83. The number of halogens is 1. The fraction of sp³-hybridized carbons (Fsp3) is 0.727. The van der Waals surface area contributed by atoms with Gasteiger partial charge in [-0.1, -0.05) is 25.5 Å². The molecule has 0 heterocycles. The van der Waals surface area contributed by atoms with Crippen LogP contribution in [0.15, 0.2) is 23.8 Å². The number of rotatable bonds is 4. The van der Waals surface area contributed by atoms with E-state index in [9.17, 15) is 34.2 Å². The van der Waals surface area contributed by atoms with Crippen LogP contribution in [0.25, 0.3) is 0 Å². The van der Waals surface area contributed by atoms with Crippen LogP contribution in [-0.4, -0.2) is 55.5 Å². The number of hydrogen-bond donors (Lipinski definition) is 4. The molecule has 12 heteroatoms. The quantitative estimate of drug-likeness (QED) is 0.219. The fourth-order valence-electron chi connectivity index (χ4n) is 7.67. The Morgan fingerprint density at radius 2 is 1.91 bits per heavy atom. The maximum Gasteiger partial charge on any atom is 1.00 e. The molecule has 0 bridgehead atoms. The van der Waals surface area contributed by atoms with Gasteiger partial charge < -0.3 is 22.9 Å². The number of fused-ring (bicyclic) bond motifs is 5. The number of phosphoric ester groups is 1. The van der Waals surface area contributed by atoms with Crippen LogP contribution >= 0.6 is 7.82 Å². The minimum atomic E-state index is -5.17. The number of carbonyl (C=O) groups excluding carboxylic acids is 2. The van der Waals surface area contributed by atoms with Crippen molar-refractivity contribution < 1.29 is 105 Å². The zero-order chi connectivity index (χ0) is 23.9. The van der Waals surface area contributed by atoms with Crippen molar-refractivity contribution in [2.45, 2.75) is 63.8 Å². The number of aliphatic hydroxyl groups excluding tert-OH is 2. The Bertz CT molecular complexity index is 995. The van der Waals surface area contributed by atoms with Crippen LogP contribution in [0.5, 0.6) is 0 Å². The molecule has 4 aliphatic carbocycles. The standard InChI is InChI=1S/C22H30FO8P.2Na.2H/c1-12-8-16-15-5-4-13-9-14(25)6-7-19(13,2)21(15,23)17(26)10-20(16,3)22(12,18(27)11-24)31-32(28,29)30;;;;/h6-7,9,12,15-17,24,26H,4-5,8,10-11H2,1-3H3,(H2,28,29,30);;;;/q;2*+1;2*-1/t12-,15-,16-,17-,19-,20-,21-,22-;;;;/m0..../s1. The number of Topliss-reactive ketones (excluding diaryl/α,β-unsaturated/α-hetero) is 1. The van der Waals surface area contributed by atoms with Gasteiger partial charge in [0, 0.05) is 16.7 Å². The summed E-state index contributed by atoms with van der Waals surface area (Å²) in [6.45, 7) is 3.87. The van der Waals surface area contributed by atoms with E-state index in [0.717, 1.165) is 0 Å². The van der Waals surface area contributed by atoms with Crippen LogP contribution in [0, 0.1) is 28.6 Å². The molecule has 0 spiro atoms. The van der Waals surface area contributed by atoms with E-state index in [1.807, 2.05) is 0 Å². The van der Waals surface area contributed by atoms with E-state index in [1.165, 1.54) is 18.2 Å². The molecular formula is C22H32FNa2O8P. The van der Waals surface area contributed by atoms with Gasteiger partial charge in [-0.05, 0) is 56.6 Å². The molecule has 4 rings (SSSR count). The van der Waals surface area contributed by atoms with Gasteiger partial charge in [-0.3, -0.25) is 14.1 Å². The third-order valence-electron chi connectivity index (χ3n) is 9.00. The Morgan fingerprint density at radius 3 is 2.47 bits per heavy atom. The molecule has 8 nitrogen and oxygen atoms in total. The van der Waals surface area contributed by atoms with Gasteiger partial charge in [0.25, 0.3) is 0 Å². The smallest absolute Gasteiger partial charge is 1.00 e. The summed E-state index contributed by atoms with van der Waals surface area (Å²) in [6, 6.07) is 0. The zero-order valence-corrected chi connectivity index (χ0v) is 25.2. The van der Waals surface area contributed by atoms with E-state index < -0.39 is 66.2 Å². The van der Waals surface area contributed by atoms with Crippen LogP contribution in [0.1, 0.15) is 49.3 Å². The molecule has 0 unspecified atom stereocenters. The molecule has 0 amide bonds. The number of aliphatic hydroxyl groups is 2. The average Bonchev–Trinajstić information content (AvgIpc) is 2.90. The van der Waals surface area contributed by atoms with E-state index in [1.54, 1.807) is 20.8 Å². The number of allylic oxidation sites excluding steroid dienone is 4. The predicted molar refractivity (Wildman–Crippen MR) is 113 cm³/mol. The van der Waals surface area contributed by atoms with Crippen molar-refractivity contribution in [1.82, 2.24) is 0 Å². The summed E-state index contributed by atoms with van der Waals surface area (Å²) in [5.41, 5.74) is -6.13. The van der Waals surface area contributed by atoms with Gasteiger partial charge in [-0.25, -0.2) is 8.96 Å². The monoisotopic (exact) mass is 520 g/mol. The molecule has 34 heavy (non-hydrogen) atoms. The van der Waals surface area contributed by atoms with Gasteiger partial charge in [-0.15, -0.1) is 0 Å². The van der Waals surface area contributed by atoms with Gasteiger partial charge in [0.1, 0.15) is 12.2 Å². The van der Waals surface area contributed by atoms with E-state index >= 15 is 4.39 Å². The Hall–Kier alpha value is 0.780. The first-order chi connectivity index (χ1) is 14.7. The predicted octanol–water partition coefficient (Wildman–Crippen LogP) is -3.75. The van der Waals surface area contributed by atoms with Gasteiger partial charge in [0.2, 0.25) is 0 Å². The van der Waals surface area contributed by atoms with Crippen molar-refractivity contribution in [3.63, 3.8) is 0 Å². The molecule has 0 aliphatic heterocycles. The average molecular weight is 520 g/mol. The molecule has 0 aromatic heterocycles. The van der Waals surface area contributed by atoms with Crippen molar-refractivity contribution in [1.29, 1.82) is 0 Å². The van der Waals surface area contributed by atoms with Crippen molar-refractivity contribution in [3.8, 4) is 0 Å². The summed E-state index contributed by atoms with van der Waals surface area (Å²) in [6.07, 6.45) is 3.34. The molecule has 8 atom stereocenters. The molecule has 4 N–H and O–H groups in total. The first-order valence-electron chi connectivity index (χ1n) is 10.9. The SMILES string of the molecule is C[C@H]1C[C@H]2[C@@H]3CCC4=CC(=O)C=C[C@]4(C)[C@@]3(F)[C@@H](O)C[C@]2(C)[C@@]1(OP(=O)(O)O)C(=O)CO.[H-].[H-].[Na+].[Na+]. The number of phosphoric acid groups is 1. The maximum absolute atomic E-state index is 17.1. The van der Waals surface area contributed by atoms with Crippen molar-refractivity contribution in [2.75, 3.05) is 6.61 Å². The van der Waals surface area contributed by atoms with E-state index in [2.05, 4.69) is 0 Å². The molecule has 0 saturated heterocycles. The summed E-state index contributed by atoms with van der Waals surface area (Å²) >= 11 is 0. The topological polar surface area (TPSA) is 141 Å². The van der Waals surface area contributed by atoms with Crippen LogP contribution in [-0.2, 0) is 18.7 Å². The number of alkyl halides is 1. The van der Waals surface area contributed by atoms with Gasteiger partial charge >= 0.3 is 66.9 Å². The summed E-state index contributed by atoms with van der Waals surface area (Å²) < 4.78 is 34.2. The minimum absolute atomic E-state index is 0. The Balaban J connectivity index is 0.00000306. The molecule has 182 valence electrons. The van der Waals surface area contributed by atoms with Gasteiger partial charge in [0.05, 0.1) is 6.10 Å². The second-order valence-electron chi connectivity index (χ2n) is 10.3. The summed E-state index contributed by atoms with van der Waals surface area (Å²) in [4.78, 5) is 44.2. The molecular weight excluding hydrogens is 488 g/mol. The maximum atomic E-state index is 17.1. The van der Waals surface area contributed by atoms with E-state index in [4.69, 9.17) is 4.52 Å². The van der Waals surface area contributed by atoms with Crippen LogP contribution in [0.4, 0.5) is 4.39 Å². The molecule has 0 aromatic carbocycles. The van der Waals surface area contributed by atoms with Crippen molar-refractivity contribution >= 4 is 19.4 Å². The first-order valence-corrected chi connectivity index (χ1v) is 12.4. The van der Waals surface area contributed by atoms with Crippen LogP contribution < -0.4 is 59.1 Å². The number of carbonyl (C=O) groups is 2. The number of hydrogen-bond acceptors (Lipinski definition) is 6. The zero-order valence-electron chi connectivity index (χ0n) is 22.3. The molecule has 4 aliphatic rings. The van der Waals surface area contributed by atoms with E-state index in [-0.39, 0.29) is 80.6 Å². The normalized spacial score (nSPS) is 45.2. The second-order valence-corrected chi connectivity index (χ2v) is 11.5. The molecule has 3 fully saturated rings. The Morgan fingerprint density at radius 1 is 1.29 bits per heavy atom. The van der Waals surface area contributed by atoms with Crippen molar-refractivity contribution in [2.24, 2.45) is 28.6 Å². The van der Waals surface area contributed by atoms with Crippen molar-refractivity contribution in [3.05, 3.63) is 23.8 Å². The van der Waals surface area contributed by atoms with Crippen LogP contribution in [0.2, 0.25) is 0 Å². The molecule has 3 saturated carbocycles. The van der Waals surface area contributed by atoms with Gasteiger partial charge in [-0.2, -0.15) is 0 Å². The Kier molecular flexibility index (Phi) is 8.96. The van der Waals surface area contributed by atoms with Crippen LogP contribution in [0.3, 0.4) is 0 Å². The largest absolute Gasteiger partial charge is 1.00 e. The molecule has 0 radical (unpaired) electrons. The third-order valence-corrected chi connectivity index (χ3v) is 9.53. The number of ketones is 2. The van der Waals surface area contributed by atoms with E-state index in [0.29, 0.717) is 18.4 Å². The molecule has 0 aromatic rings. The summed E-state index contributed by atoms with van der Waals surface area (Å²) in [7, 11) is -5.17. The minimum Gasteiger partial charge on any atom is -1.00 e. The summed E-state index contributed by atoms with van der Waals surface area (Å²) in [5, 5.41) is 21.0. The Labute approximate surface area is 245 Å². The summed E-state index contributed by atoms with van der Waals surface area (Å²) in [5.74, 6) is -3.13. The van der Waals surface area contributed by atoms with Gasteiger partial charge in [0.15, 0.2) is 17.2 Å². The third kappa shape index (κ3) is 4.02. The first kappa shape index (κ1) is 31.0. The fourth-order valence-corrected chi connectivity index (χ4v) is 8.54.